The van der Waals surface area contributed by atoms with E-state index in [-0.39, 0.29) is 17.7 Å². The van der Waals surface area contributed by atoms with Gasteiger partial charge in [0, 0.05) is 18.3 Å². The zero-order valence-corrected chi connectivity index (χ0v) is 8.28. The van der Waals surface area contributed by atoms with E-state index in [0.717, 1.165) is 0 Å². The standard InChI is InChI=1S/C8H8F3N3O3/c9-8(10,11)17-6-5(13)3(1-12)4(2-14-6)7(15)16/h2H,1,12-13H2,(H,15,16). The highest BCUT2D eigenvalue weighted by molar-refractivity contribution is 5.91. The molecular formula is C8H8F3N3O3. The summed E-state index contributed by atoms with van der Waals surface area (Å²) in [4.78, 5) is 13.9. The summed E-state index contributed by atoms with van der Waals surface area (Å²) in [7, 11) is 0. The minimum atomic E-state index is -4.96. The molecule has 0 saturated carbocycles. The van der Waals surface area contributed by atoms with Crippen molar-refractivity contribution in [3.63, 3.8) is 0 Å². The number of ether oxygens (including phenoxy) is 1. The molecule has 0 fully saturated rings. The minimum absolute atomic E-state index is 0.160. The number of nitrogens with zero attached hydrogens (tertiary/aromatic N) is 1. The number of nitrogens with two attached hydrogens (primary N) is 2. The molecule has 17 heavy (non-hydrogen) atoms. The van der Waals surface area contributed by atoms with Crippen molar-refractivity contribution in [2.75, 3.05) is 5.73 Å². The van der Waals surface area contributed by atoms with E-state index in [2.05, 4.69) is 9.72 Å². The van der Waals surface area contributed by atoms with Gasteiger partial charge in [0.1, 0.15) is 5.69 Å². The number of aromatic nitrogens is 1. The van der Waals surface area contributed by atoms with Crippen molar-refractivity contribution < 1.29 is 27.8 Å². The summed E-state index contributed by atoms with van der Waals surface area (Å²) in [5.74, 6) is -2.30. The molecule has 0 spiro atoms. The van der Waals surface area contributed by atoms with E-state index in [1.807, 2.05) is 0 Å². The van der Waals surface area contributed by atoms with Crippen LogP contribution in [0, 0.1) is 0 Å². The molecule has 0 bridgehead atoms. The topological polar surface area (TPSA) is 111 Å². The second kappa shape index (κ2) is 4.45. The van der Waals surface area contributed by atoms with Crippen LogP contribution < -0.4 is 16.2 Å². The Morgan fingerprint density at radius 3 is 2.53 bits per heavy atom. The van der Waals surface area contributed by atoms with Crippen LogP contribution in [0.4, 0.5) is 18.9 Å². The van der Waals surface area contributed by atoms with Crippen molar-refractivity contribution >= 4 is 11.7 Å². The maximum Gasteiger partial charge on any atom is 0.574 e. The fourth-order valence-electron chi connectivity index (χ4n) is 1.14. The summed E-state index contributed by atoms with van der Waals surface area (Å²) >= 11 is 0. The molecule has 1 aromatic heterocycles. The molecule has 0 atom stereocenters. The SMILES string of the molecule is NCc1c(C(=O)O)cnc(OC(F)(F)F)c1N. The number of anilines is 1. The zero-order valence-electron chi connectivity index (χ0n) is 8.28. The summed E-state index contributed by atoms with van der Waals surface area (Å²) in [6, 6.07) is 0. The van der Waals surface area contributed by atoms with Gasteiger partial charge in [-0.15, -0.1) is 13.2 Å². The fourth-order valence-corrected chi connectivity index (χ4v) is 1.14. The van der Waals surface area contributed by atoms with Crippen molar-refractivity contribution in [1.82, 2.24) is 4.98 Å². The third-order valence-corrected chi connectivity index (χ3v) is 1.84. The second-order valence-corrected chi connectivity index (χ2v) is 2.93. The molecule has 6 nitrogen and oxygen atoms in total. The highest BCUT2D eigenvalue weighted by atomic mass is 19.4. The van der Waals surface area contributed by atoms with Crippen LogP contribution in [0.25, 0.3) is 0 Å². The van der Waals surface area contributed by atoms with Crippen LogP contribution in [0.2, 0.25) is 0 Å². The smallest absolute Gasteiger partial charge is 0.478 e. The minimum Gasteiger partial charge on any atom is -0.478 e. The van der Waals surface area contributed by atoms with E-state index in [1.54, 1.807) is 0 Å². The lowest BCUT2D eigenvalue weighted by molar-refractivity contribution is -0.275. The summed E-state index contributed by atoms with van der Waals surface area (Å²) in [5.41, 5.74) is 9.46. The second-order valence-electron chi connectivity index (χ2n) is 2.93. The molecule has 1 rings (SSSR count). The lowest BCUT2D eigenvalue weighted by Gasteiger charge is -2.13. The van der Waals surface area contributed by atoms with Gasteiger partial charge in [0.05, 0.1) is 5.56 Å². The molecule has 0 amide bonds. The Kier molecular flexibility index (Phi) is 3.42. The van der Waals surface area contributed by atoms with Crippen LogP contribution in [0.5, 0.6) is 5.88 Å². The Balaban J connectivity index is 3.25. The maximum atomic E-state index is 12.0. The first-order chi connectivity index (χ1) is 7.76. The third-order valence-electron chi connectivity index (χ3n) is 1.84. The first-order valence-corrected chi connectivity index (χ1v) is 4.22. The van der Waals surface area contributed by atoms with E-state index in [4.69, 9.17) is 16.6 Å². The Morgan fingerprint density at radius 2 is 2.12 bits per heavy atom. The summed E-state index contributed by atoms with van der Waals surface area (Å²) in [6.07, 6.45) is -4.25. The number of carboxylic acid groups (broad SMARTS) is 1. The highest BCUT2D eigenvalue weighted by Gasteiger charge is 2.33. The molecule has 0 saturated heterocycles. The molecule has 0 aliphatic rings. The number of aromatic carboxylic acids is 1. The Hall–Kier alpha value is -2.03. The molecule has 5 N–H and O–H groups in total. The van der Waals surface area contributed by atoms with Crippen molar-refractivity contribution in [3.05, 3.63) is 17.3 Å². The summed E-state index contributed by atoms with van der Waals surface area (Å²) < 4.78 is 39.4. The monoisotopic (exact) mass is 251 g/mol. The molecule has 0 aliphatic heterocycles. The third kappa shape index (κ3) is 2.97. The molecule has 0 unspecified atom stereocenters. The first kappa shape index (κ1) is 13.0. The van der Waals surface area contributed by atoms with Gasteiger partial charge in [-0.3, -0.25) is 0 Å². The van der Waals surface area contributed by atoms with Gasteiger partial charge in [0.25, 0.3) is 0 Å². The number of hydrogen-bond donors (Lipinski definition) is 3. The van der Waals surface area contributed by atoms with Crippen LogP contribution in [0.3, 0.4) is 0 Å². The lowest BCUT2D eigenvalue weighted by Crippen LogP contribution is -2.20. The van der Waals surface area contributed by atoms with Crippen LogP contribution >= 0.6 is 0 Å². The normalized spacial score (nSPS) is 11.3. The van der Waals surface area contributed by atoms with E-state index < -0.39 is 23.9 Å². The van der Waals surface area contributed by atoms with Crippen molar-refractivity contribution in [3.8, 4) is 5.88 Å². The highest BCUT2D eigenvalue weighted by Crippen LogP contribution is 2.30. The van der Waals surface area contributed by atoms with Crippen molar-refractivity contribution in [1.29, 1.82) is 0 Å². The van der Waals surface area contributed by atoms with Crippen LogP contribution in [-0.4, -0.2) is 22.4 Å². The van der Waals surface area contributed by atoms with Gasteiger partial charge in [-0.25, -0.2) is 9.78 Å². The largest absolute Gasteiger partial charge is 0.574 e. The number of nitrogen functional groups attached to an aromatic ring is 1. The van der Waals surface area contributed by atoms with Crippen LogP contribution in [0.1, 0.15) is 15.9 Å². The Bertz CT molecular complexity index is 448. The van der Waals surface area contributed by atoms with E-state index in [1.165, 1.54) is 0 Å². The molecule has 0 radical (unpaired) electrons. The van der Waals surface area contributed by atoms with Crippen molar-refractivity contribution in [2.45, 2.75) is 12.9 Å². The number of carbonyl (C=O) groups is 1. The number of halogens is 3. The average Bonchev–Trinajstić information content (AvgIpc) is 2.18. The van der Waals surface area contributed by atoms with Crippen molar-refractivity contribution in [2.24, 2.45) is 5.73 Å². The van der Waals surface area contributed by atoms with Gasteiger partial charge in [-0.05, 0) is 0 Å². The van der Waals surface area contributed by atoms with Gasteiger partial charge in [0.2, 0.25) is 5.88 Å². The number of alkyl halides is 3. The first-order valence-electron chi connectivity index (χ1n) is 4.22. The van der Waals surface area contributed by atoms with Gasteiger partial charge in [0.15, 0.2) is 0 Å². The quantitative estimate of drug-likeness (QED) is 0.729. The molecule has 1 heterocycles. The Morgan fingerprint density at radius 1 is 1.53 bits per heavy atom. The Labute approximate surface area is 93.0 Å². The summed E-state index contributed by atoms with van der Waals surface area (Å²) in [6.45, 7) is -0.343. The molecule has 94 valence electrons. The predicted octanol–water partition coefficient (Wildman–Crippen LogP) is 0.719. The zero-order chi connectivity index (χ0) is 13.2. The summed E-state index contributed by atoms with van der Waals surface area (Å²) in [5, 5.41) is 8.73. The van der Waals surface area contributed by atoms with Gasteiger partial charge >= 0.3 is 12.3 Å². The molecule has 1 aromatic rings. The molecular weight excluding hydrogens is 243 g/mol. The van der Waals surface area contributed by atoms with Gasteiger partial charge < -0.3 is 21.3 Å². The molecule has 9 heteroatoms. The number of pyridine rings is 1. The fraction of sp³-hybridized carbons (Fsp3) is 0.250. The van der Waals surface area contributed by atoms with Gasteiger partial charge in [-0.1, -0.05) is 0 Å². The number of hydrogen-bond acceptors (Lipinski definition) is 5. The number of rotatable bonds is 3. The predicted molar refractivity (Wildman–Crippen MR) is 50.2 cm³/mol. The molecule has 0 aromatic carbocycles. The van der Waals surface area contributed by atoms with E-state index in [0.29, 0.717) is 6.20 Å². The van der Waals surface area contributed by atoms with Crippen LogP contribution in [0.15, 0.2) is 6.20 Å². The van der Waals surface area contributed by atoms with Crippen LogP contribution in [-0.2, 0) is 6.54 Å². The average molecular weight is 251 g/mol. The molecule has 0 aliphatic carbocycles. The number of carboxylic acids is 1. The van der Waals surface area contributed by atoms with E-state index >= 15 is 0 Å². The maximum absolute atomic E-state index is 12.0. The van der Waals surface area contributed by atoms with E-state index in [9.17, 15) is 18.0 Å². The van der Waals surface area contributed by atoms with Gasteiger partial charge in [-0.2, -0.15) is 0 Å². The lowest BCUT2D eigenvalue weighted by atomic mass is 10.1.